The van der Waals surface area contributed by atoms with Gasteiger partial charge in [0, 0.05) is 11.4 Å². The highest BCUT2D eigenvalue weighted by Gasteiger charge is 2.31. The van der Waals surface area contributed by atoms with Crippen LogP contribution in [0.15, 0.2) is 24.3 Å². The van der Waals surface area contributed by atoms with Gasteiger partial charge in [0.05, 0.1) is 18.2 Å². The lowest BCUT2D eigenvalue weighted by atomic mass is 9.93. The summed E-state index contributed by atoms with van der Waals surface area (Å²) in [6.07, 6.45) is 5.77. The smallest absolute Gasteiger partial charge is 0.239 e. The van der Waals surface area contributed by atoms with Crippen molar-refractivity contribution in [1.29, 1.82) is 5.26 Å². The van der Waals surface area contributed by atoms with Gasteiger partial charge in [-0.1, -0.05) is 30.7 Å². The van der Waals surface area contributed by atoms with E-state index in [1.165, 1.54) is 22.6 Å². The third-order valence-corrected chi connectivity index (χ3v) is 7.01. The number of nitrogens with zero attached hydrogens (tertiary/aromatic N) is 2. The molecule has 0 spiro atoms. The van der Waals surface area contributed by atoms with Crippen molar-refractivity contribution in [3.63, 3.8) is 0 Å². The molecule has 2 heterocycles. The molecule has 2 aliphatic rings. The normalized spacial score (nSPS) is 18.8. The van der Waals surface area contributed by atoms with Crippen LogP contribution in [0.2, 0.25) is 0 Å². The molecule has 29 heavy (non-hydrogen) atoms. The number of amides is 2. The van der Waals surface area contributed by atoms with Gasteiger partial charge in [0.25, 0.3) is 0 Å². The number of carbonyl (C=O) groups is 2. The Hall–Kier alpha value is -2.69. The minimum Gasteiger partial charge on any atom is -0.368 e. The van der Waals surface area contributed by atoms with E-state index in [-0.39, 0.29) is 12.5 Å². The maximum absolute atomic E-state index is 12.8. The molecule has 0 saturated heterocycles. The van der Waals surface area contributed by atoms with Crippen LogP contribution < -0.4 is 11.1 Å². The molecule has 1 aliphatic heterocycles. The molecule has 2 aromatic rings. The molecule has 0 fully saturated rings. The molecule has 4 rings (SSSR count). The summed E-state index contributed by atoms with van der Waals surface area (Å²) in [4.78, 5) is 27.8. The summed E-state index contributed by atoms with van der Waals surface area (Å²) >= 11 is 1.52. The number of nitrogens with two attached hydrogens (primary N) is 1. The molecule has 0 bridgehead atoms. The number of primary amides is 1. The van der Waals surface area contributed by atoms with E-state index < -0.39 is 11.9 Å². The van der Waals surface area contributed by atoms with Gasteiger partial charge in [-0.25, -0.2) is 0 Å². The summed E-state index contributed by atoms with van der Waals surface area (Å²) in [6.45, 7) is 0.568. The van der Waals surface area contributed by atoms with Crippen molar-refractivity contribution in [3.05, 3.63) is 51.4 Å². The van der Waals surface area contributed by atoms with Gasteiger partial charge in [0.1, 0.15) is 11.1 Å². The summed E-state index contributed by atoms with van der Waals surface area (Å²) in [6, 6.07) is 9.70. The van der Waals surface area contributed by atoms with Crippen molar-refractivity contribution in [2.75, 3.05) is 11.9 Å². The Balaban J connectivity index is 1.51. The van der Waals surface area contributed by atoms with E-state index in [4.69, 9.17) is 5.73 Å². The van der Waals surface area contributed by atoms with Crippen LogP contribution >= 0.6 is 11.3 Å². The molecule has 1 aromatic carbocycles. The van der Waals surface area contributed by atoms with Crippen molar-refractivity contribution < 1.29 is 9.59 Å². The summed E-state index contributed by atoms with van der Waals surface area (Å²) in [5, 5.41) is 13.2. The molecule has 0 saturated carbocycles. The molecular weight excluding hydrogens is 384 g/mol. The molecule has 1 aliphatic carbocycles. The quantitative estimate of drug-likeness (QED) is 0.760. The highest BCUT2D eigenvalue weighted by atomic mass is 32.1. The highest BCUT2D eigenvalue weighted by molar-refractivity contribution is 7.16. The Morgan fingerprint density at radius 1 is 1.21 bits per heavy atom. The zero-order valence-electron chi connectivity index (χ0n) is 16.2. The highest BCUT2D eigenvalue weighted by Crippen LogP contribution is 2.37. The number of hydrogen-bond acceptors (Lipinski definition) is 5. The largest absolute Gasteiger partial charge is 0.368 e. The fraction of sp³-hybridized carbons (Fsp3) is 0.409. The average molecular weight is 409 g/mol. The maximum atomic E-state index is 12.8. The van der Waals surface area contributed by atoms with Crippen LogP contribution in [0.4, 0.5) is 5.00 Å². The van der Waals surface area contributed by atoms with Gasteiger partial charge in [-0.3, -0.25) is 14.5 Å². The first-order valence-electron chi connectivity index (χ1n) is 10.0. The van der Waals surface area contributed by atoms with Gasteiger partial charge in [0.2, 0.25) is 11.8 Å². The number of fused-ring (bicyclic) bond motifs is 2. The summed E-state index contributed by atoms with van der Waals surface area (Å²) in [5.74, 6) is -0.642. The van der Waals surface area contributed by atoms with E-state index in [2.05, 4.69) is 11.4 Å². The molecule has 7 heteroatoms. The predicted octanol–water partition coefficient (Wildman–Crippen LogP) is 2.74. The van der Waals surface area contributed by atoms with Gasteiger partial charge in [-0.15, -0.1) is 11.3 Å². The van der Waals surface area contributed by atoms with Crippen LogP contribution in [0.5, 0.6) is 0 Å². The molecule has 0 radical (unpaired) electrons. The number of hydrogen-bond donors (Lipinski definition) is 2. The van der Waals surface area contributed by atoms with E-state index in [0.29, 0.717) is 23.5 Å². The van der Waals surface area contributed by atoms with Crippen LogP contribution in [-0.2, 0) is 35.4 Å². The Labute approximate surface area is 174 Å². The van der Waals surface area contributed by atoms with Gasteiger partial charge in [0.15, 0.2) is 0 Å². The number of benzene rings is 1. The number of carbonyl (C=O) groups excluding carboxylic acids is 2. The van der Waals surface area contributed by atoms with E-state index in [9.17, 15) is 14.9 Å². The molecule has 150 valence electrons. The standard InChI is InChI=1S/C22H24N4O2S/c23-11-17-16-8-2-1-3-9-19(16)29-22(17)25-20(27)13-26-12-15-7-5-4-6-14(15)10-18(26)21(24)28/h4-7,18H,1-3,8-10,12-13H2,(H2,24,28)(H,25,27)/t18-/m0/s1. The lowest BCUT2D eigenvalue weighted by molar-refractivity contribution is -0.125. The molecule has 3 N–H and O–H groups in total. The first kappa shape index (κ1) is 19.6. The van der Waals surface area contributed by atoms with Crippen LogP contribution in [0.1, 0.15) is 46.4 Å². The van der Waals surface area contributed by atoms with Gasteiger partial charge < -0.3 is 11.1 Å². The zero-order chi connectivity index (χ0) is 20.4. The first-order valence-corrected chi connectivity index (χ1v) is 10.8. The molecule has 1 aromatic heterocycles. The Bertz CT molecular complexity index is 991. The number of anilines is 1. The third-order valence-electron chi connectivity index (χ3n) is 5.81. The molecule has 1 atom stereocenters. The van der Waals surface area contributed by atoms with Crippen molar-refractivity contribution in [2.24, 2.45) is 5.73 Å². The Morgan fingerprint density at radius 3 is 2.72 bits per heavy atom. The molecule has 2 amide bonds. The van der Waals surface area contributed by atoms with E-state index in [1.807, 2.05) is 29.2 Å². The summed E-state index contributed by atoms with van der Waals surface area (Å²) in [5.41, 5.74) is 9.54. The molecule has 6 nitrogen and oxygen atoms in total. The van der Waals surface area contributed by atoms with E-state index in [1.54, 1.807) is 0 Å². The zero-order valence-corrected chi connectivity index (χ0v) is 17.1. The monoisotopic (exact) mass is 408 g/mol. The van der Waals surface area contributed by atoms with Crippen molar-refractivity contribution in [3.8, 4) is 6.07 Å². The lowest BCUT2D eigenvalue weighted by Crippen LogP contribution is -2.50. The van der Waals surface area contributed by atoms with Gasteiger partial charge in [-0.05, 0) is 48.8 Å². The topological polar surface area (TPSA) is 99.2 Å². The van der Waals surface area contributed by atoms with Gasteiger partial charge in [-0.2, -0.15) is 5.26 Å². The van der Waals surface area contributed by atoms with Crippen LogP contribution in [0.25, 0.3) is 0 Å². The Kier molecular flexibility index (Phi) is 5.65. The van der Waals surface area contributed by atoms with Crippen LogP contribution in [-0.4, -0.2) is 29.3 Å². The van der Waals surface area contributed by atoms with Crippen LogP contribution in [0, 0.1) is 11.3 Å². The Morgan fingerprint density at radius 2 is 1.97 bits per heavy atom. The van der Waals surface area contributed by atoms with Crippen molar-refractivity contribution in [1.82, 2.24) is 4.90 Å². The third kappa shape index (κ3) is 4.04. The SMILES string of the molecule is N#Cc1c(NC(=O)CN2Cc3ccccc3C[C@H]2C(N)=O)sc2c1CCCCC2. The van der Waals surface area contributed by atoms with Crippen molar-refractivity contribution >= 4 is 28.2 Å². The van der Waals surface area contributed by atoms with E-state index in [0.717, 1.165) is 42.4 Å². The number of nitrogens with one attached hydrogen (secondary N) is 1. The number of thiophene rings is 1. The van der Waals surface area contributed by atoms with Crippen molar-refractivity contribution in [2.45, 2.75) is 51.1 Å². The minimum absolute atomic E-state index is 0.0649. The average Bonchev–Trinajstić information content (AvgIpc) is 2.86. The first-order chi connectivity index (χ1) is 14.1. The summed E-state index contributed by atoms with van der Waals surface area (Å²) in [7, 11) is 0. The predicted molar refractivity (Wildman–Crippen MR) is 112 cm³/mol. The minimum atomic E-state index is -0.508. The second-order valence-corrected chi connectivity index (χ2v) is 8.83. The second kappa shape index (κ2) is 8.36. The number of nitriles is 1. The lowest BCUT2D eigenvalue weighted by Gasteiger charge is -2.34. The molecule has 0 unspecified atom stereocenters. The summed E-state index contributed by atoms with van der Waals surface area (Å²) < 4.78 is 0. The fourth-order valence-electron chi connectivity index (χ4n) is 4.32. The van der Waals surface area contributed by atoms with E-state index >= 15 is 0 Å². The number of rotatable bonds is 4. The van der Waals surface area contributed by atoms with Crippen LogP contribution in [0.3, 0.4) is 0 Å². The second-order valence-electron chi connectivity index (χ2n) is 7.72. The number of aryl methyl sites for hydroxylation is 1. The fourth-order valence-corrected chi connectivity index (χ4v) is 5.58. The van der Waals surface area contributed by atoms with Gasteiger partial charge >= 0.3 is 0 Å². The maximum Gasteiger partial charge on any atom is 0.239 e. The molecular formula is C22H24N4O2S.